The molecular weight excluding hydrogens is 334 g/mol. The van der Waals surface area contributed by atoms with E-state index in [4.69, 9.17) is 16.7 Å². The highest BCUT2D eigenvalue weighted by molar-refractivity contribution is 7.93. The molecule has 8 heteroatoms. The molecule has 21 heavy (non-hydrogen) atoms. The standard InChI is InChI=1S/C13H12ClNO4S2/c1-7-6-20-11(13(16)17)12(7)21(18,19)15-10-5-3-4-9(14)8(10)2/h3-6,15H,1-2H3,(H,16,17). The van der Waals surface area contributed by atoms with Crippen LogP contribution in [0.3, 0.4) is 0 Å². The maximum Gasteiger partial charge on any atom is 0.347 e. The van der Waals surface area contributed by atoms with Crippen LogP contribution in [0.2, 0.25) is 5.02 Å². The molecule has 2 N–H and O–H groups in total. The maximum atomic E-state index is 12.5. The Balaban J connectivity index is 2.51. The lowest BCUT2D eigenvalue weighted by atomic mass is 10.2. The number of nitrogens with one attached hydrogen (secondary N) is 1. The first-order valence-corrected chi connectivity index (χ1v) is 8.57. The summed E-state index contributed by atoms with van der Waals surface area (Å²) in [5, 5.41) is 11.0. The highest BCUT2D eigenvalue weighted by atomic mass is 35.5. The van der Waals surface area contributed by atoms with E-state index in [1.807, 2.05) is 0 Å². The Morgan fingerprint density at radius 2 is 2.00 bits per heavy atom. The topological polar surface area (TPSA) is 83.5 Å². The molecule has 5 nitrogen and oxygen atoms in total. The fourth-order valence-corrected chi connectivity index (χ4v) is 4.76. The predicted octanol–water partition coefficient (Wildman–Crippen LogP) is 3.52. The Morgan fingerprint density at radius 1 is 1.33 bits per heavy atom. The molecule has 1 heterocycles. The van der Waals surface area contributed by atoms with Crippen molar-refractivity contribution in [1.82, 2.24) is 0 Å². The Labute approximate surface area is 131 Å². The predicted molar refractivity (Wildman–Crippen MR) is 83.0 cm³/mol. The number of carbonyl (C=O) groups is 1. The molecule has 112 valence electrons. The van der Waals surface area contributed by atoms with Crippen molar-refractivity contribution in [3.8, 4) is 0 Å². The fraction of sp³-hybridized carbons (Fsp3) is 0.154. The molecule has 0 saturated carbocycles. The monoisotopic (exact) mass is 345 g/mol. The lowest BCUT2D eigenvalue weighted by Gasteiger charge is -2.12. The van der Waals surface area contributed by atoms with E-state index in [0.29, 0.717) is 21.8 Å². The number of aryl methyl sites for hydroxylation is 1. The number of anilines is 1. The van der Waals surface area contributed by atoms with Crippen LogP contribution in [0.25, 0.3) is 0 Å². The third-order valence-electron chi connectivity index (χ3n) is 2.89. The molecule has 2 rings (SSSR count). The number of thiophene rings is 1. The Kier molecular flexibility index (Phi) is 4.27. The van der Waals surface area contributed by atoms with Gasteiger partial charge in [-0.2, -0.15) is 0 Å². The number of benzene rings is 1. The number of rotatable bonds is 4. The number of sulfonamides is 1. The maximum absolute atomic E-state index is 12.5. The largest absolute Gasteiger partial charge is 0.477 e. The smallest absolute Gasteiger partial charge is 0.347 e. The molecule has 0 amide bonds. The molecule has 0 spiro atoms. The third-order valence-corrected chi connectivity index (χ3v) is 6.07. The Hall–Kier alpha value is -1.57. The second kappa shape index (κ2) is 5.67. The van der Waals surface area contributed by atoms with E-state index in [1.165, 1.54) is 5.38 Å². The van der Waals surface area contributed by atoms with Crippen molar-refractivity contribution < 1.29 is 18.3 Å². The van der Waals surface area contributed by atoms with Gasteiger partial charge >= 0.3 is 5.97 Å². The molecule has 0 fully saturated rings. The minimum Gasteiger partial charge on any atom is -0.477 e. The first-order valence-electron chi connectivity index (χ1n) is 5.83. The molecule has 0 bridgehead atoms. The van der Waals surface area contributed by atoms with Gasteiger partial charge in [-0.15, -0.1) is 11.3 Å². The Bertz CT molecular complexity index is 812. The van der Waals surface area contributed by atoms with Crippen LogP contribution >= 0.6 is 22.9 Å². The molecule has 0 unspecified atom stereocenters. The molecule has 0 atom stereocenters. The normalized spacial score (nSPS) is 11.4. The van der Waals surface area contributed by atoms with Gasteiger partial charge in [-0.1, -0.05) is 17.7 Å². The number of carboxylic acids is 1. The van der Waals surface area contributed by atoms with Gasteiger partial charge in [0.15, 0.2) is 0 Å². The molecule has 0 aliphatic carbocycles. The second-order valence-electron chi connectivity index (χ2n) is 4.40. The summed E-state index contributed by atoms with van der Waals surface area (Å²) >= 11 is 6.84. The van der Waals surface area contributed by atoms with Gasteiger partial charge in [-0.3, -0.25) is 4.72 Å². The molecule has 0 aliphatic rings. The zero-order valence-electron chi connectivity index (χ0n) is 11.2. The van der Waals surface area contributed by atoms with Crippen LogP contribution in [0.5, 0.6) is 0 Å². The van der Waals surface area contributed by atoms with Crippen LogP contribution in [0.15, 0.2) is 28.5 Å². The van der Waals surface area contributed by atoms with Crippen molar-refractivity contribution in [1.29, 1.82) is 0 Å². The molecule has 2 aromatic rings. The molecule has 0 saturated heterocycles. The molecular formula is C13H12ClNO4S2. The zero-order valence-corrected chi connectivity index (χ0v) is 13.6. The summed E-state index contributed by atoms with van der Waals surface area (Å²) in [6.45, 7) is 3.24. The highest BCUT2D eigenvalue weighted by Crippen LogP contribution is 2.30. The van der Waals surface area contributed by atoms with E-state index in [2.05, 4.69) is 4.72 Å². The lowest BCUT2D eigenvalue weighted by Crippen LogP contribution is -2.17. The van der Waals surface area contributed by atoms with Gasteiger partial charge in [0.25, 0.3) is 10.0 Å². The zero-order chi connectivity index (χ0) is 15.8. The van der Waals surface area contributed by atoms with Gasteiger partial charge in [-0.05, 0) is 42.5 Å². The van der Waals surface area contributed by atoms with Crippen molar-refractivity contribution >= 4 is 44.6 Å². The van der Waals surface area contributed by atoms with Gasteiger partial charge in [0.2, 0.25) is 0 Å². The third kappa shape index (κ3) is 3.04. The molecule has 0 aliphatic heterocycles. The van der Waals surface area contributed by atoms with Gasteiger partial charge in [0, 0.05) is 5.02 Å². The van der Waals surface area contributed by atoms with E-state index in [1.54, 1.807) is 32.0 Å². The number of halogens is 1. The minimum absolute atomic E-state index is 0.209. The van der Waals surface area contributed by atoms with Crippen molar-refractivity contribution in [3.63, 3.8) is 0 Å². The first-order chi connectivity index (χ1) is 9.74. The summed E-state index contributed by atoms with van der Waals surface area (Å²) in [5.41, 5.74) is 1.29. The second-order valence-corrected chi connectivity index (χ2v) is 7.31. The van der Waals surface area contributed by atoms with E-state index in [0.717, 1.165) is 11.3 Å². The highest BCUT2D eigenvalue weighted by Gasteiger charge is 2.27. The summed E-state index contributed by atoms with van der Waals surface area (Å²) in [5.74, 6) is -1.27. The van der Waals surface area contributed by atoms with E-state index in [-0.39, 0.29) is 9.77 Å². The summed E-state index contributed by atoms with van der Waals surface area (Å²) in [4.78, 5) is 10.7. The number of hydrogen-bond donors (Lipinski definition) is 2. The SMILES string of the molecule is Cc1csc(C(=O)O)c1S(=O)(=O)Nc1cccc(Cl)c1C. The summed E-state index contributed by atoms with van der Waals surface area (Å²) < 4.78 is 27.3. The van der Waals surface area contributed by atoms with Crippen molar-refractivity contribution in [2.75, 3.05) is 4.72 Å². The molecule has 0 radical (unpaired) electrons. The van der Waals surface area contributed by atoms with Crippen LogP contribution in [0.1, 0.15) is 20.8 Å². The number of aromatic carboxylic acids is 1. The summed E-state index contributed by atoms with van der Waals surface area (Å²) in [7, 11) is -3.99. The first kappa shape index (κ1) is 15.8. The Morgan fingerprint density at radius 3 is 2.62 bits per heavy atom. The van der Waals surface area contributed by atoms with Crippen LogP contribution in [-0.4, -0.2) is 19.5 Å². The van der Waals surface area contributed by atoms with Crippen LogP contribution in [-0.2, 0) is 10.0 Å². The van der Waals surface area contributed by atoms with Crippen molar-refractivity contribution in [2.45, 2.75) is 18.7 Å². The average Bonchev–Trinajstić information content (AvgIpc) is 2.78. The van der Waals surface area contributed by atoms with Gasteiger partial charge in [-0.25, -0.2) is 13.2 Å². The van der Waals surface area contributed by atoms with E-state index in [9.17, 15) is 13.2 Å². The average molecular weight is 346 g/mol. The van der Waals surface area contributed by atoms with Crippen molar-refractivity contribution in [2.24, 2.45) is 0 Å². The number of hydrogen-bond acceptors (Lipinski definition) is 4. The summed E-state index contributed by atoms with van der Waals surface area (Å²) in [6.07, 6.45) is 0. The molecule has 1 aromatic heterocycles. The van der Waals surface area contributed by atoms with E-state index < -0.39 is 16.0 Å². The fourth-order valence-electron chi connectivity index (χ4n) is 1.83. The number of carboxylic acid groups (broad SMARTS) is 1. The minimum atomic E-state index is -3.99. The lowest BCUT2D eigenvalue weighted by molar-refractivity contribution is 0.0698. The van der Waals surface area contributed by atoms with Crippen LogP contribution in [0, 0.1) is 13.8 Å². The summed E-state index contributed by atoms with van der Waals surface area (Å²) in [6, 6.07) is 4.83. The van der Waals surface area contributed by atoms with Crippen LogP contribution in [0.4, 0.5) is 5.69 Å². The molecule has 1 aromatic carbocycles. The van der Waals surface area contributed by atoms with E-state index >= 15 is 0 Å². The van der Waals surface area contributed by atoms with Gasteiger partial charge in [0.1, 0.15) is 9.77 Å². The van der Waals surface area contributed by atoms with Crippen LogP contribution < -0.4 is 4.72 Å². The van der Waals surface area contributed by atoms with Gasteiger partial charge in [0.05, 0.1) is 5.69 Å². The van der Waals surface area contributed by atoms with Gasteiger partial charge < -0.3 is 5.11 Å². The quantitative estimate of drug-likeness (QED) is 0.888. The van der Waals surface area contributed by atoms with Crippen molar-refractivity contribution in [3.05, 3.63) is 44.6 Å².